The molecule has 5 aromatic rings. The summed E-state index contributed by atoms with van der Waals surface area (Å²) in [6.45, 7) is 11.1. The molecule has 0 N–H and O–H groups in total. The smallest absolute Gasteiger partial charge is 0.400 e. The van der Waals surface area contributed by atoms with E-state index in [1.165, 1.54) is 34.9 Å². The molecular weight excluding hydrogens is 712 g/mol. The molecule has 7 nitrogen and oxygen atoms in total. The van der Waals surface area contributed by atoms with Gasteiger partial charge in [0.15, 0.2) is 5.82 Å². The summed E-state index contributed by atoms with van der Waals surface area (Å²) in [5, 5.41) is 6.26. The number of para-hydroxylation sites is 1. The van der Waals surface area contributed by atoms with E-state index >= 15 is 0 Å². The molecule has 1 atom stereocenters. The van der Waals surface area contributed by atoms with E-state index in [2.05, 4.69) is 56.7 Å². The first-order valence-electron chi connectivity index (χ1n) is 16.7. The highest BCUT2D eigenvalue weighted by atomic mass is 35.5. The van der Waals surface area contributed by atoms with Crippen molar-refractivity contribution in [2.24, 2.45) is 0 Å². The zero-order chi connectivity index (χ0) is 37.6. The largest absolute Gasteiger partial charge is 0.412 e. The number of fused-ring (bicyclic) bond motifs is 1. The topological polar surface area (TPSA) is 69.4 Å². The van der Waals surface area contributed by atoms with Gasteiger partial charge in [0.05, 0.1) is 23.0 Å². The number of benzene rings is 4. The Hall–Kier alpha value is -4.78. The van der Waals surface area contributed by atoms with Gasteiger partial charge in [-0.2, -0.15) is 17.9 Å². The number of hydrogen-bond acceptors (Lipinski definition) is 4. The van der Waals surface area contributed by atoms with Crippen molar-refractivity contribution < 1.29 is 26.8 Å². The second-order valence-corrected chi connectivity index (χ2v) is 18.4. The predicted octanol–water partition coefficient (Wildman–Crippen LogP) is 7.79. The zero-order valence-corrected chi connectivity index (χ0v) is 30.8. The van der Waals surface area contributed by atoms with Crippen LogP contribution in [-0.2, 0) is 17.6 Å². The highest BCUT2D eigenvalue weighted by Gasteiger charge is 2.50. The molecule has 1 aliphatic rings. The van der Waals surface area contributed by atoms with Gasteiger partial charge in [0.2, 0.25) is 0 Å². The Labute approximate surface area is 304 Å². The molecule has 0 aliphatic carbocycles. The molecule has 0 radical (unpaired) electrons. The van der Waals surface area contributed by atoms with Gasteiger partial charge in [0.1, 0.15) is 5.82 Å². The highest BCUT2D eigenvalue weighted by molar-refractivity contribution is 6.99. The number of nitrogens with zero attached hydrogens (tertiary/aromatic N) is 4. The lowest BCUT2D eigenvalue weighted by Crippen LogP contribution is -2.66. The van der Waals surface area contributed by atoms with E-state index in [9.17, 15) is 27.2 Å². The summed E-state index contributed by atoms with van der Waals surface area (Å²) in [5.74, 6) is -2.77. The van der Waals surface area contributed by atoms with Gasteiger partial charge in [-0.05, 0) is 58.2 Å². The molecule has 1 amide bonds. The molecular formula is C39H37ClF4N4O3Si. The molecule has 2 heterocycles. The number of anilines is 1. The van der Waals surface area contributed by atoms with Crippen molar-refractivity contribution in [1.29, 1.82) is 0 Å². The Morgan fingerprint density at radius 2 is 1.56 bits per heavy atom. The first-order chi connectivity index (χ1) is 24.6. The number of carbonyl (C=O) groups is 1. The fraction of sp³-hybridized carbons (Fsp3) is 0.256. The number of carbonyl (C=O) groups excluding carboxylic acids is 1. The van der Waals surface area contributed by atoms with Crippen molar-refractivity contribution in [3.05, 3.63) is 147 Å². The lowest BCUT2D eigenvalue weighted by atomic mass is 9.83. The number of amides is 1. The fourth-order valence-corrected chi connectivity index (χ4v) is 11.8. The maximum Gasteiger partial charge on any atom is 0.412 e. The van der Waals surface area contributed by atoms with Crippen LogP contribution in [0.4, 0.5) is 23.2 Å². The van der Waals surface area contributed by atoms with E-state index < -0.39 is 49.9 Å². The van der Waals surface area contributed by atoms with E-state index in [-0.39, 0.29) is 45.7 Å². The van der Waals surface area contributed by atoms with Crippen LogP contribution in [0, 0.1) is 5.82 Å². The zero-order valence-electron chi connectivity index (χ0n) is 29.0. The minimum atomic E-state index is -4.84. The maximum absolute atomic E-state index is 15.0. The summed E-state index contributed by atoms with van der Waals surface area (Å²) in [4.78, 5) is 28.5. The Morgan fingerprint density at radius 1 is 0.942 bits per heavy atom. The van der Waals surface area contributed by atoms with Crippen LogP contribution in [-0.4, -0.2) is 41.3 Å². The van der Waals surface area contributed by atoms with Crippen LogP contribution in [0.5, 0.6) is 0 Å². The van der Waals surface area contributed by atoms with E-state index in [0.29, 0.717) is 5.82 Å². The van der Waals surface area contributed by atoms with Crippen molar-refractivity contribution in [2.75, 3.05) is 11.4 Å². The van der Waals surface area contributed by atoms with Crippen LogP contribution in [0.2, 0.25) is 10.1 Å². The normalized spacial score (nSPS) is 15.1. The molecule has 0 bridgehead atoms. The maximum atomic E-state index is 15.0. The standard InChI is InChI=1S/C39H37ClF4N4O3Si/c1-6-46-34(24-51-52(38(3,4)5,27-14-9-7-10-15-27)28-16-11-8-12-17-28)45-48(37(46)50)26-20-21-29-30(22-26)31(25(2)39(42,43)44)23-47(36(29)49)35-32(40)18-13-19-33(35)41/h7-22,31H,2,6,23-24H2,1,3-5H3/t31-/m0/s1. The summed E-state index contributed by atoms with van der Waals surface area (Å²) in [7, 11) is -3.02. The van der Waals surface area contributed by atoms with E-state index in [1.54, 1.807) is 6.92 Å². The van der Waals surface area contributed by atoms with Crippen LogP contribution in [0.3, 0.4) is 0 Å². The molecule has 270 valence electrons. The van der Waals surface area contributed by atoms with Crippen molar-refractivity contribution in [3.63, 3.8) is 0 Å². The molecule has 1 aliphatic heterocycles. The molecule has 0 saturated carbocycles. The van der Waals surface area contributed by atoms with E-state index in [1.807, 2.05) is 36.4 Å². The third kappa shape index (κ3) is 6.43. The summed E-state index contributed by atoms with van der Waals surface area (Å²) in [5.41, 5.74) is -1.97. The Balaban J connectivity index is 1.44. The fourth-order valence-electron chi connectivity index (χ4n) is 7.07. The third-order valence-corrected chi connectivity index (χ3v) is 14.9. The lowest BCUT2D eigenvalue weighted by Gasteiger charge is -2.42. The first-order valence-corrected chi connectivity index (χ1v) is 19.0. The molecule has 1 aromatic heterocycles. The molecule has 4 aromatic carbocycles. The van der Waals surface area contributed by atoms with Crippen molar-refractivity contribution in [3.8, 4) is 5.69 Å². The van der Waals surface area contributed by atoms with Gasteiger partial charge in [-0.25, -0.2) is 9.18 Å². The van der Waals surface area contributed by atoms with Gasteiger partial charge in [-0.3, -0.25) is 9.36 Å². The summed E-state index contributed by atoms with van der Waals surface area (Å²) in [6.07, 6.45) is -4.84. The molecule has 0 unspecified atom stereocenters. The lowest BCUT2D eigenvalue weighted by molar-refractivity contribution is -0.0953. The van der Waals surface area contributed by atoms with Crippen molar-refractivity contribution >= 4 is 41.9 Å². The molecule has 6 rings (SSSR count). The molecule has 52 heavy (non-hydrogen) atoms. The SMILES string of the molecule is C=C([C@@H]1CN(c2c(F)cccc2Cl)C(=O)c2ccc(-n3nc(CO[Si](c4ccccc4)(c4ccccc4)C(C)(C)C)n(CC)c3=O)cc21)C(F)(F)F. The number of alkyl halides is 3. The second-order valence-electron chi connectivity index (χ2n) is 13.6. The molecule has 13 heteroatoms. The van der Waals surface area contributed by atoms with Crippen molar-refractivity contribution in [1.82, 2.24) is 14.3 Å². The van der Waals surface area contributed by atoms with E-state index in [0.717, 1.165) is 26.0 Å². The predicted molar refractivity (Wildman–Crippen MR) is 197 cm³/mol. The summed E-state index contributed by atoms with van der Waals surface area (Å²) in [6, 6.07) is 27.8. The van der Waals surface area contributed by atoms with Gasteiger partial charge in [-0.15, -0.1) is 5.10 Å². The Morgan fingerprint density at radius 3 is 2.10 bits per heavy atom. The average molecular weight is 749 g/mol. The number of hydrogen-bond donors (Lipinski definition) is 0. The first kappa shape index (κ1) is 37.0. The molecule has 0 saturated heterocycles. The Kier molecular flexibility index (Phi) is 9.94. The number of halogens is 5. The van der Waals surface area contributed by atoms with Gasteiger partial charge < -0.3 is 9.33 Å². The van der Waals surface area contributed by atoms with Crippen LogP contribution in [0.25, 0.3) is 5.69 Å². The minimum absolute atomic E-state index is 0.0170. The van der Waals surface area contributed by atoms with Crippen LogP contribution in [0.15, 0.2) is 114 Å². The summed E-state index contributed by atoms with van der Waals surface area (Å²) >= 11 is 6.24. The Bertz CT molecular complexity index is 2140. The van der Waals surface area contributed by atoms with Crippen LogP contribution >= 0.6 is 11.6 Å². The average Bonchev–Trinajstić information content (AvgIpc) is 3.43. The third-order valence-electron chi connectivity index (χ3n) is 9.58. The second kappa shape index (κ2) is 14.0. The number of aromatic nitrogens is 3. The quantitative estimate of drug-likeness (QED) is 0.0878. The van der Waals surface area contributed by atoms with Crippen molar-refractivity contribution in [2.45, 2.75) is 58.0 Å². The summed E-state index contributed by atoms with van der Waals surface area (Å²) < 4.78 is 67.2. The van der Waals surface area contributed by atoms with Gasteiger partial charge >= 0.3 is 11.9 Å². The van der Waals surface area contributed by atoms with Crippen LogP contribution < -0.4 is 21.0 Å². The van der Waals surface area contributed by atoms with E-state index in [4.69, 9.17) is 16.0 Å². The number of rotatable bonds is 9. The monoisotopic (exact) mass is 748 g/mol. The highest BCUT2D eigenvalue weighted by Crippen LogP contribution is 2.44. The van der Waals surface area contributed by atoms with Gasteiger partial charge in [-0.1, -0.05) is 106 Å². The minimum Gasteiger partial charge on any atom is -0.400 e. The molecule has 0 spiro atoms. The van der Waals surface area contributed by atoms with Crippen LogP contribution in [0.1, 0.15) is 55.4 Å². The van der Waals surface area contributed by atoms with Gasteiger partial charge in [0, 0.05) is 30.1 Å². The molecule has 0 fully saturated rings. The van der Waals surface area contributed by atoms with Gasteiger partial charge in [0.25, 0.3) is 14.2 Å².